The van der Waals surface area contributed by atoms with Crippen molar-refractivity contribution >= 4 is 5.78 Å². The van der Waals surface area contributed by atoms with Gasteiger partial charge in [-0.2, -0.15) is 0 Å². The number of hydrogen-bond donors (Lipinski definition) is 0. The summed E-state index contributed by atoms with van der Waals surface area (Å²) < 4.78 is 0. The number of ketones is 1. The first kappa shape index (κ1) is 4.57. The average molecular weight is 95.1 g/mol. The lowest BCUT2D eigenvalue weighted by atomic mass is 10.1. The highest BCUT2D eigenvalue weighted by Crippen LogP contribution is 2.02. The van der Waals surface area contributed by atoms with E-state index in [1.807, 2.05) is 12.2 Å². The molecule has 0 amide bonds. The first-order chi connectivity index (χ1) is 3.39. The molecule has 0 heterocycles. The molecule has 1 nitrogen and oxygen atoms in total. The second kappa shape index (κ2) is 1.92. The molecule has 37 valence electrons. The molecule has 1 aliphatic rings. The molecule has 0 fully saturated rings. The lowest BCUT2D eigenvalue weighted by Gasteiger charge is -1.96. The molecule has 0 spiro atoms. The third-order valence-electron chi connectivity index (χ3n) is 0.976. The maximum absolute atomic E-state index is 10.4. The van der Waals surface area contributed by atoms with E-state index in [1.54, 1.807) is 6.42 Å². The van der Waals surface area contributed by atoms with Gasteiger partial charge in [0.05, 0.1) is 0 Å². The Bertz CT molecular complexity index is 103. The van der Waals surface area contributed by atoms with Gasteiger partial charge in [0.2, 0.25) is 0 Å². The highest BCUT2D eigenvalue weighted by atomic mass is 16.1. The van der Waals surface area contributed by atoms with Gasteiger partial charge < -0.3 is 0 Å². The summed E-state index contributed by atoms with van der Waals surface area (Å²) >= 11 is 0. The fraction of sp³-hybridized carbons (Fsp3) is 0.333. The van der Waals surface area contributed by atoms with E-state index in [-0.39, 0.29) is 5.78 Å². The molecule has 1 heteroatoms. The van der Waals surface area contributed by atoms with Crippen molar-refractivity contribution in [2.24, 2.45) is 0 Å². The lowest BCUT2D eigenvalue weighted by molar-refractivity contribution is -0.115. The van der Waals surface area contributed by atoms with Crippen LogP contribution in [0, 0.1) is 6.42 Å². The van der Waals surface area contributed by atoms with Crippen LogP contribution in [-0.4, -0.2) is 5.78 Å². The smallest absolute Gasteiger partial charge is 0.141 e. The van der Waals surface area contributed by atoms with Gasteiger partial charge in [-0.25, -0.2) is 0 Å². The Balaban J connectivity index is 2.47. The number of Topliss-reactive ketones (excluding diaryl/α,β-unsaturated/α-hetero) is 1. The number of hydrogen-bond acceptors (Lipinski definition) is 1. The maximum atomic E-state index is 10.4. The van der Waals surface area contributed by atoms with E-state index >= 15 is 0 Å². The molecule has 0 aromatic carbocycles. The molecular weight excluding hydrogens is 88.1 g/mol. The van der Waals surface area contributed by atoms with Gasteiger partial charge in [0.1, 0.15) is 5.78 Å². The topological polar surface area (TPSA) is 17.1 Å². The van der Waals surface area contributed by atoms with Crippen LogP contribution in [0.1, 0.15) is 12.8 Å². The lowest BCUT2D eigenvalue weighted by Crippen LogP contribution is -1.98. The largest absolute Gasteiger partial charge is 0.299 e. The van der Waals surface area contributed by atoms with Crippen molar-refractivity contribution < 1.29 is 4.79 Å². The van der Waals surface area contributed by atoms with Crippen molar-refractivity contribution in [3.8, 4) is 0 Å². The SMILES string of the molecule is O=C1[CH]C=CCC1. The van der Waals surface area contributed by atoms with Crippen molar-refractivity contribution in [1.29, 1.82) is 0 Å². The Morgan fingerprint density at radius 3 is 2.71 bits per heavy atom. The predicted molar refractivity (Wildman–Crippen MR) is 27.7 cm³/mol. The van der Waals surface area contributed by atoms with E-state index in [0.29, 0.717) is 6.42 Å². The highest BCUT2D eigenvalue weighted by molar-refractivity contribution is 5.89. The van der Waals surface area contributed by atoms with Gasteiger partial charge in [0, 0.05) is 12.8 Å². The van der Waals surface area contributed by atoms with Gasteiger partial charge in [0.15, 0.2) is 0 Å². The Morgan fingerprint density at radius 2 is 2.43 bits per heavy atom. The monoisotopic (exact) mass is 95.0 g/mol. The van der Waals surface area contributed by atoms with Gasteiger partial charge in [-0.15, -0.1) is 0 Å². The first-order valence-corrected chi connectivity index (χ1v) is 2.42. The number of carbonyl (C=O) groups excluding carboxylic acids is 1. The van der Waals surface area contributed by atoms with Crippen molar-refractivity contribution in [2.45, 2.75) is 12.8 Å². The molecular formula is C6H7O. The van der Waals surface area contributed by atoms with E-state index in [4.69, 9.17) is 0 Å². The summed E-state index contributed by atoms with van der Waals surface area (Å²) in [7, 11) is 0. The molecule has 1 radical (unpaired) electrons. The summed E-state index contributed by atoms with van der Waals surface area (Å²) in [4.78, 5) is 10.4. The molecule has 0 saturated carbocycles. The molecule has 0 unspecified atom stereocenters. The second-order valence-corrected chi connectivity index (χ2v) is 1.60. The number of rotatable bonds is 0. The molecule has 1 aliphatic carbocycles. The fourth-order valence-electron chi connectivity index (χ4n) is 0.581. The van der Waals surface area contributed by atoms with E-state index < -0.39 is 0 Å². The van der Waals surface area contributed by atoms with Gasteiger partial charge in [-0.05, 0) is 6.42 Å². The van der Waals surface area contributed by atoms with Crippen molar-refractivity contribution in [3.63, 3.8) is 0 Å². The Kier molecular flexibility index (Phi) is 1.25. The molecule has 1 rings (SSSR count). The van der Waals surface area contributed by atoms with E-state index in [2.05, 4.69) is 0 Å². The third-order valence-corrected chi connectivity index (χ3v) is 0.976. The highest BCUT2D eigenvalue weighted by Gasteiger charge is 2.00. The minimum atomic E-state index is 0.252. The molecule has 0 aromatic heterocycles. The van der Waals surface area contributed by atoms with Crippen LogP contribution in [0.15, 0.2) is 12.2 Å². The molecule has 0 aromatic rings. The molecule has 0 N–H and O–H groups in total. The molecule has 0 bridgehead atoms. The summed E-state index contributed by atoms with van der Waals surface area (Å²) in [5, 5.41) is 0. The van der Waals surface area contributed by atoms with Gasteiger partial charge >= 0.3 is 0 Å². The van der Waals surface area contributed by atoms with Crippen molar-refractivity contribution in [2.75, 3.05) is 0 Å². The van der Waals surface area contributed by atoms with E-state index in [1.165, 1.54) is 0 Å². The van der Waals surface area contributed by atoms with Gasteiger partial charge in [-0.3, -0.25) is 4.79 Å². The van der Waals surface area contributed by atoms with Gasteiger partial charge in [0.25, 0.3) is 0 Å². The van der Waals surface area contributed by atoms with Crippen molar-refractivity contribution in [1.82, 2.24) is 0 Å². The van der Waals surface area contributed by atoms with Crippen LogP contribution in [0.5, 0.6) is 0 Å². The molecule has 0 saturated heterocycles. The second-order valence-electron chi connectivity index (χ2n) is 1.60. The molecule has 7 heavy (non-hydrogen) atoms. The summed E-state index contributed by atoms with van der Waals surface area (Å²) in [6, 6.07) is 0. The van der Waals surface area contributed by atoms with E-state index in [9.17, 15) is 4.79 Å². The quantitative estimate of drug-likeness (QED) is 0.440. The number of carbonyl (C=O) groups is 1. The zero-order valence-electron chi connectivity index (χ0n) is 4.05. The minimum absolute atomic E-state index is 0.252. The van der Waals surface area contributed by atoms with Crippen LogP contribution in [0.4, 0.5) is 0 Å². The van der Waals surface area contributed by atoms with E-state index in [0.717, 1.165) is 6.42 Å². The standard InChI is InChI=1S/C6H7O/c7-6-4-2-1-3-5-6/h1-2,4H,3,5H2. The maximum Gasteiger partial charge on any atom is 0.141 e. The van der Waals surface area contributed by atoms with Crippen LogP contribution < -0.4 is 0 Å². The normalized spacial score (nSPS) is 20.3. The van der Waals surface area contributed by atoms with Gasteiger partial charge in [-0.1, -0.05) is 12.2 Å². The Labute approximate surface area is 43.0 Å². The van der Waals surface area contributed by atoms with Crippen molar-refractivity contribution in [3.05, 3.63) is 18.6 Å². The predicted octanol–water partition coefficient (Wildman–Crippen LogP) is 1.11. The third kappa shape index (κ3) is 1.15. The van der Waals surface area contributed by atoms with Crippen LogP contribution in [-0.2, 0) is 4.79 Å². The van der Waals surface area contributed by atoms with Crippen LogP contribution in [0.3, 0.4) is 0 Å². The average Bonchev–Trinajstić information content (AvgIpc) is 1.69. The Hall–Kier alpha value is -0.590. The summed E-state index contributed by atoms with van der Waals surface area (Å²) in [6.07, 6.45) is 7.06. The van der Waals surface area contributed by atoms with Crippen LogP contribution >= 0.6 is 0 Å². The fourth-order valence-corrected chi connectivity index (χ4v) is 0.581. The zero-order chi connectivity index (χ0) is 5.11. The first-order valence-electron chi connectivity index (χ1n) is 2.42. The zero-order valence-corrected chi connectivity index (χ0v) is 4.05. The number of allylic oxidation sites excluding steroid dienone is 2. The summed E-state index contributed by atoms with van der Waals surface area (Å²) in [5.41, 5.74) is 0. The van der Waals surface area contributed by atoms with Crippen LogP contribution in [0.2, 0.25) is 0 Å². The molecule has 0 atom stereocenters. The summed E-state index contributed by atoms with van der Waals surface area (Å²) in [5.74, 6) is 0.252. The molecule has 0 aliphatic heterocycles. The minimum Gasteiger partial charge on any atom is -0.299 e. The van der Waals surface area contributed by atoms with Crippen LogP contribution in [0.25, 0.3) is 0 Å². The summed E-state index contributed by atoms with van der Waals surface area (Å²) in [6.45, 7) is 0. The Morgan fingerprint density at radius 1 is 1.57 bits per heavy atom.